The second kappa shape index (κ2) is 5.69. The van der Waals surface area contributed by atoms with E-state index in [4.69, 9.17) is 12.2 Å². The van der Waals surface area contributed by atoms with E-state index >= 15 is 0 Å². The molecule has 3 nitrogen and oxygen atoms in total. The van der Waals surface area contributed by atoms with Crippen LogP contribution >= 0.6 is 39.5 Å². The third kappa shape index (κ3) is 2.53. The van der Waals surface area contributed by atoms with Crippen molar-refractivity contribution in [1.82, 2.24) is 9.55 Å². The van der Waals surface area contributed by atoms with Crippen molar-refractivity contribution >= 4 is 49.7 Å². The average molecular weight is 407 g/mol. The molecule has 0 aliphatic heterocycles. The van der Waals surface area contributed by atoms with Gasteiger partial charge in [-0.15, -0.1) is 11.3 Å². The summed E-state index contributed by atoms with van der Waals surface area (Å²) in [6, 6.07) is 7.65. The van der Waals surface area contributed by atoms with Gasteiger partial charge in [0.2, 0.25) is 0 Å². The van der Waals surface area contributed by atoms with Crippen molar-refractivity contribution in [2.24, 2.45) is 5.92 Å². The SMILES string of the molecule is C[C@@H]1CCc2c(sc3[nH]c(=S)n(-c4ccc(Br)cc4)c(=O)c23)C1. The van der Waals surface area contributed by atoms with Crippen LogP contribution in [0.4, 0.5) is 0 Å². The van der Waals surface area contributed by atoms with Gasteiger partial charge in [0, 0.05) is 9.35 Å². The van der Waals surface area contributed by atoms with E-state index in [0.717, 1.165) is 39.6 Å². The molecule has 0 radical (unpaired) electrons. The number of nitrogens with zero attached hydrogens (tertiary/aromatic N) is 1. The van der Waals surface area contributed by atoms with Crippen LogP contribution in [0, 0.1) is 10.7 Å². The highest BCUT2D eigenvalue weighted by Gasteiger charge is 2.23. The molecule has 1 N–H and O–H groups in total. The van der Waals surface area contributed by atoms with Gasteiger partial charge in [0.15, 0.2) is 4.77 Å². The summed E-state index contributed by atoms with van der Waals surface area (Å²) in [5.74, 6) is 0.687. The summed E-state index contributed by atoms with van der Waals surface area (Å²) >= 11 is 10.6. The highest BCUT2D eigenvalue weighted by atomic mass is 79.9. The highest BCUT2D eigenvalue weighted by Crippen LogP contribution is 2.35. The van der Waals surface area contributed by atoms with Crippen molar-refractivity contribution in [2.75, 3.05) is 0 Å². The second-order valence-corrected chi connectivity index (χ2v) is 8.51. The monoisotopic (exact) mass is 406 g/mol. The van der Waals surface area contributed by atoms with Gasteiger partial charge in [-0.1, -0.05) is 22.9 Å². The van der Waals surface area contributed by atoms with E-state index in [1.807, 2.05) is 24.3 Å². The first-order chi connectivity index (χ1) is 11.0. The Morgan fingerprint density at radius 3 is 2.83 bits per heavy atom. The van der Waals surface area contributed by atoms with Crippen molar-refractivity contribution in [3.63, 3.8) is 0 Å². The van der Waals surface area contributed by atoms with Gasteiger partial charge in [0.05, 0.1) is 11.1 Å². The summed E-state index contributed by atoms with van der Waals surface area (Å²) < 4.78 is 3.04. The van der Waals surface area contributed by atoms with Gasteiger partial charge >= 0.3 is 0 Å². The molecule has 3 aromatic rings. The van der Waals surface area contributed by atoms with Crippen LogP contribution in [0.25, 0.3) is 15.9 Å². The smallest absolute Gasteiger partial charge is 0.267 e. The lowest BCUT2D eigenvalue weighted by Crippen LogP contribution is -2.21. The van der Waals surface area contributed by atoms with Crippen molar-refractivity contribution < 1.29 is 0 Å². The Balaban J connectivity index is 2.02. The van der Waals surface area contributed by atoms with Gasteiger partial charge in [-0.2, -0.15) is 0 Å². The predicted octanol–water partition coefficient (Wildman–Crippen LogP) is 5.00. The van der Waals surface area contributed by atoms with Gasteiger partial charge in [0.1, 0.15) is 4.83 Å². The summed E-state index contributed by atoms with van der Waals surface area (Å²) in [7, 11) is 0. The summed E-state index contributed by atoms with van der Waals surface area (Å²) in [5, 5.41) is 0.827. The Labute approximate surface area is 151 Å². The third-order valence-corrected chi connectivity index (χ3v) is 6.42. The number of hydrogen-bond donors (Lipinski definition) is 1. The van der Waals surface area contributed by atoms with Gasteiger partial charge in [0.25, 0.3) is 5.56 Å². The van der Waals surface area contributed by atoms with Gasteiger partial charge in [-0.25, -0.2) is 0 Å². The second-order valence-electron chi connectivity index (χ2n) is 6.10. The molecule has 0 fully saturated rings. The van der Waals surface area contributed by atoms with E-state index in [-0.39, 0.29) is 5.56 Å². The number of benzene rings is 1. The zero-order valence-corrected chi connectivity index (χ0v) is 15.8. The van der Waals surface area contributed by atoms with E-state index in [9.17, 15) is 4.79 Å². The van der Waals surface area contributed by atoms with Crippen LogP contribution in [-0.4, -0.2) is 9.55 Å². The minimum absolute atomic E-state index is 0.00174. The molecule has 0 unspecified atom stereocenters. The minimum atomic E-state index is -0.00174. The van der Waals surface area contributed by atoms with Crippen molar-refractivity contribution in [3.05, 3.63) is 54.3 Å². The molecule has 4 rings (SSSR count). The lowest BCUT2D eigenvalue weighted by Gasteiger charge is -2.17. The minimum Gasteiger partial charge on any atom is -0.323 e. The Bertz CT molecular complexity index is 1010. The maximum atomic E-state index is 13.1. The van der Waals surface area contributed by atoms with E-state index in [1.165, 1.54) is 10.4 Å². The largest absolute Gasteiger partial charge is 0.323 e. The topological polar surface area (TPSA) is 37.8 Å². The molecule has 0 amide bonds. The number of thiophene rings is 1. The Morgan fingerprint density at radius 2 is 2.09 bits per heavy atom. The number of halogens is 1. The van der Waals surface area contributed by atoms with Crippen molar-refractivity contribution in [1.29, 1.82) is 0 Å². The first-order valence-corrected chi connectivity index (χ1v) is 9.62. The van der Waals surface area contributed by atoms with Crippen LogP contribution in [0.5, 0.6) is 0 Å². The molecule has 2 heterocycles. The fraction of sp³-hybridized carbons (Fsp3) is 0.294. The molecular weight excluding hydrogens is 392 g/mol. The molecule has 23 heavy (non-hydrogen) atoms. The molecule has 118 valence electrons. The van der Waals surface area contributed by atoms with E-state index < -0.39 is 0 Å². The molecule has 6 heteroatoms. The number of aryl methyl sites for hydroxylation is 1. The third-order valence-electron chi connectivity index (χ3n) is 4.44. The maximum absolute atomic E-state index is 13.1. The zero-order valence-electron chi connectivity index (χ0n) is 12.6. The Kier molecular flexibility index (Phi) is 3.78. The number of H-pyrrole nitrogens is 1. The van der Waals surface area contributed by atoms with Gasteiger partial charge in [-0.05, 0) is 67.2 Å². The molecule has 1 aromatic carbocycles. The fourth-order valence-corrected chi connectivity index (χ4v) is 5.27. The lowest BCUT2D eigenvalue weighted by molar-refractivity contribution is 0.509. The van der Waals surface area contributed by atoms with Crippen molar-refractivity contribution in [3.8, 4) is 5.69 Å². The normalized spacial score (nSPS) is 17.4. The molecule has 1 aliphatic rings. The molecular formula is C17H15BrN2OS2. The Morgan fingerprint density at radius 1 is 1.35 bits per heavy atom. The van der Waals surface area contributed by atoms with Gasteiger partial charge < -0.3 is 4.98 Å². The van der Waals surface area contributed by atoms with Crippen LogP contribution in [0.15, 0.2) is 33.5 Å². The standard InChI is InChI=1S/C17H15BrN2OS2/c1-9-2-7-12-13(8-9)23-15-14(12)16(21)20(17(22)19-15)11-5-3-10(18)4-6-11/h3-6,9H,2,7-8H2,1H3,(H,19,22)/t9-/m1/s1. The number of hydrogen-bond acceptors (Lipinski definition) is 3. The number of aromatic amines is 1. The number of nitrogens with one attached hydrogen (secondary N) is 1. The molecule has 0 saturated heterocycles. The zero-order chi connectivity index (χ0) is 16.1. The predicted molar refractivity (Wildman–Crippen MR) is 101 cm³/mol. The highest BCUT2D eigenvalue weighted by molar-refractivity contribution is 9.10. The summed E-state index contributed by atoms with van der Waals surface area (Å²) in [6.07, 6.45) is 3.19. The molecule has 2 aromatic heterocycles. The quantitative estimate of drug-likeness (QED) is 0.577. The van der Waals surface area contributed by atoms with Gasteiger partial charge in [-0.3, -0.25) is 9.36 Å². The van der Waals surface area contributed by atoms with E-state index in [2.05, 4.69) is 27.8 Å². The van der Waals surface area contributed by atoms with Crippen LogP contribution in [0.2, 0.25) is 0 Å². The van der Waals surface area contributed by atoms with Crippen LogP contribution in [0.1, 0.15) is 23.8 Å². The van der Waals surface area contributed by atoms with E-state index in [1.54, 1.807) is 15.9 Å². The molecule has 1 atom stereocenters. The van der Waals surface area contributed by atoms with Crippen LogP contribution < -0.4 is 5.56 Å². The Hall–Kier alpha value is -1.24. The number of fused-ring (bicyclic) bond motifs is 3. The van der Waals surface area contributed by atoms with Crippen LogP contribution in [0.3, 0.4) is 0 Å². The van der Waals surface area contributed by atoms with E-state index in [0.29, 0.717) is 10.7 Å². The lowest BCUT2D eigenvalue weighted by atomic mass is 9.89. The fourth-order valence-electron chi connectivity index (χ4n) is 3.25. The summed E-state index contributed by atoms with van der Waals surface area (Å²) in [5.41, 5.74) is 2.02. The maximum Gasteiger partial charge on any atom is 0.267 e. The van der Waals surface area contributed by atoms with Crippen LogP contribution in [-0.2, 0) is 12.8 Å². The average Bonchev–Trinajstić information content (AvgIpc) is 2.86. The molecule has 0 saturated carbocycles. The summed E-state index contributed by atoms with van der Waals surface area (Å²) in [6.45, 7) is 2.27. The first kappa shape index (κ1) is 15.3. The molecule has 0 bridgehead atoms. The molecule has 0 spiro atoms. The number of aromatic nitrogens is 2. The molecule has 1 aliphatic carbocycles. The summed E-state index contributed by atoms with van der Waals surface area (Å²) in [4.78, 5) is 18.7. The number of rotatable bonds is 1. The first-order valence-electron chi connectivity index (χ1n) is 7.60. The van der Waals surface area contributed by atoms with Crippen molar-refractivity contribution in [2.45, 2.75) is 26.2 Å².